The molecule has 7 nitrogen and oxygen atoms in total. The molecular weight excluding hydrogens is 386 g/mol. The Morgan fingerprint density at radius 2 is 1.80 bits per heavy atom. The number of carboxylic acid groups (broad SMARTS) is 1. The van der Waals surface area contributed by atoms with Crippen LogP contribution in [0.2, 0.25) is 0 Å². The summed E-state index contributed by atoms with van der Waals surface area (Å²) in [6.07, 6.45) is 2.57. The number of aliphatic hydroxyl groups excluding tert-OH is 1. The Morgan fingerprint density at radius 3 is 2.50 bits per heavy atom. The standard InChI is InChI=1S/C23H27NO6/c1-17(9-5-8-14-21(26)27)22(19-12-6-7-13-20(19)29-16-15-25)30-23(28)24-18-10-3-2-4-11-18/h2-4,6-8,10-14,17,22,25H,5,9,15-16H2,1H3,(H,24,28)(H,26,27)/b14-8+/t17-,22+/m0/s1. The lowest BCUT2D eigenvalue weighted by molar-refractivity contribution is -0.131. The monoisotopic (exact) mass is 413 g/mol. The average Bonchev–Trinajstić information content (AvgIpc) is 2.74. The van der Waals surface area contributed by atoms with Gasteiger partial charge in [-0.1, -0.05) is 49.4 Å². The molecule has 0 radical (unpaired) electrons. The van der Waals surface area contributed by atoms with Crippen molar-refractivity contribution in [1.29, 1.82) is 0 Å². The van der Waals surface area contributed by atoms with Crippen molar-refractivity contribution in [2.24, 2.45) is 5.92 Å². The van der Waals surface area contributed by atoms with Gasteiger partial charge in [0, 0.05) is 17.3 Å². The summed E-state index contributed by atoms with van der Waals surface area (Å²) in [7, 11) is 0. The molecule has 0 unspecified atom stereocenters. The first kappa shape index (κ1) is 23.0. The number of rotatable bonds is 11. The predicted octanol–water partition coefficient (Wildman–Crippen LogP) is 4.40. The number of para-hydroxylation sites is 2. The highest BCUT2D eigenvalue weighted by Gasteiger charge is 2.26. The van der Waals surface area contributed by atoms with Gasteiger partial charge in [-0.15, -0.1) is 0 Å². The maximum absolute atomic E-state index is 12.5. The van der Waals surface area contributed by atoms with Crippen molar-refractivity contribution in [3.63, 3.8) is 0 Å². The zero-order valence-electron chi connectivity index (χ0n) is 16.9. The third-order valence-corrected chi connectivity index (χ3v) is 4.39. The molecule has 2 rings (SSSR count). The lowest BCUT2D eigenvalue weighted by Gasteiger charge is -2.26. The van der Waals surface area contributed by atoms with Crippen LogP contribution in [0.3, 0.4) is 0 Å². The van der Waals surface area contributed by atoms with E-state index >= 15 is 0 Å². The molecular formula is C23H27NO6. The highest BCUT2D eigenvalue weighted by atomic mass is 16.6. The van der Waals surface area contributed by atoms with Crippen LogP contribution in [0.15, 0.2) is 66.7 Å². The van der Waals surface area contributed by atoms with E-state index in [1.807, 2.05) is 37.3 Å². The number of amides is 1. The molecule has 2 atom stereocenters. The molecule has 0 aliphatic heterocycles. The number of anilines is 1. The van der Waals surface area contributed by atoms with E-state index in [4.69, 9.17) is 19.7 Å². The molecule has 2 aromatic carbocycles. The van der Waals surface area contributed by atoms with Gasteiger partial charge in [0.25, 0.3) is 0 Å². The van der Waals surface area contributed by atoms with Crippen LogP contribution >= 0.6 is 0 Å². The van der Waals surface area contributed by atoms with Crippen LogP contribution in [-0.2, 0) is 9.53 Å². The SMILES string of the molecule is C[C@@H](CC/C=C/C(=O)O)[C@@H](OC(=O)Nc1ccccc1)c1ccccc1OCCO. The predicted molar refractivity (Wildman–Crippen MR) is 113 cm³/mol. The van der Waals surface area contributed by atoms with Crippen molar-refractivity contribution in [2.45, 2.75) is 25.9 Å². The minimum absolute atomic E-state index is 0.121. The highest BCUT2D eigenvalue weighted by Crippen LogP contribution is 2.35. The molecule has 0 saturated heterocycles. The minimum atomic E-state index is -1.000. The number of hydrogen-bond donors (Lipinski definition) is 3. The first-order valence-electron chi connectivity index (χ1n) is 9.76. The third kappa shape index (κ3) is 7.60. The molecule has 0 fully saturated rings. The van der Waals surface area contributed by atoms with Crippen molar-refractivity contribution >= 4 is 17.7 Å². The Morgan fingerprint density at radius 1 is 1.10 bits per heavy atom. The number of benzene rings is 2. The Balaban J connectivity index is 2.19. The topological polar surface area (TPSA) is 105 Å². The van der Waals surface area contributed by atoms with Crippen molar-refractivity contribution in [3.8, 4) is 5.75 Å². The first-order valence-corrected chi connectivity index (χ1v) is 9.76. The van der Waals surface area contributed by atoms with Crippen molar-refractivity contribution in [1.82, 2.24) is 0 Å². The van der Waals surface area contributed by atoms with E-state index in [0.717, 1.165) is 6.08 Å². The normalized spacial score (nSPS) is 12.9. The van der Waals surface area contributed by atoms with E-state index in [1.165, 1.54) is 0 Å². The first-order chi connectivity index (χ1) is 14.5. The molecule has 0 heterocycles. The van der Waals surface area contributed by atoms with E-state index in [2.05, 4.69) is 5.32 Å². The fourth-order valence-corrected chi connectivity index (χ4v) is 2.97. The fraction of sp³-hybridized carbons (Fsp3) is 0.304. The second-order valence-corrected chi connectivity index (χ2v) is 6.72. The maximum Gasteiger partial charge on any atom is 0.412 e. The Bertz CT molecular complexity index is 837. The maximum atomic E-state index is 12.5. The van der Waals surface area contributed by atoms with Crippen LogP contribution < -0.4 is 10.1 Å². The Hall–Kier alpha value is -3.32. The van der Waals surface area contributed by atoms with Crippen LogP contribution in [0.4, 0.5) is 10.5 Å². The molecule has 0 aliphatic rings. The summed E-state index contributed by atoms with van der Waals surface area (Å²) in [6, 6.07) is 16.2. The van der Waals surface area contributed by atoms with Gasteiger partial charge < -0.3 is 19.7 Å². The zero-order valence-corrected chi connectivity index (χ0v) is 16.9. The van der Waals surface area contributed by atoms with Crippen LogP contribution in [0, 0.1) is 5.92 Å². The Labute approximate surface area is 176 Å². The number of carbonyl (C=O) groups is 2. The number of aliphatic hydroxyl groups is 1. The molecule has 7 heteroatoms. The molecule has 0 bridgehead atoms. The largest absolute Gasteiger partial charge is 0.491 e. The van der Waals surface area contributed by atoms with Gasteiger partial charge in [-0.25, -0.2) is 9.59 Å². The van der Waals surface area contributed by atoms with Crippen LogP contribution in [0.5, 0.6) is 5.75 Å². The van der Waals surface area contributed by atoms with Crippen LogP contribution in [-0.4, -0.2) is 35.5 Å². The van der Waals surface area contributed by atoms with E-state index in [1.54, 1.807) is 30.3 Å². The molecule has 0 spiro atoms. The average molecular weight is 413 g/mol. The van der Waals surface area contributed by atoms with Gasteiger partial charge in [0.1, 0.15) is 18.5 Å². The summed E-state index contributed by atoms with van der Waals surface area (Å²) in [6.45, 7) is 1.91. The third-order valence-electron chi connectivity index (χ3n) is 4.39. The molecule has 2 aromatic rings. The van der Waals surface area contributed by atoms with E-state index in [-0.39, 0.29) is 19.1 Å². The number of aliphatic carboxylic acids is 1. The van der Waals surface area contributed by atoms with Gasteiger partial charge >= 0.3 is 12.1 Å². The summed E-state index contributed by atoms with van der Waals surface area (Å²) in [5, 5.41) is 20.5. The van der Waals surface area contributed by atoms with Crippen molar-refractivity contribution in [3.05, 3.63) is 72.3 Å². The van der Waals surface area contributed by atoms with Gasteiger partial charge in [0.15, 0.2) is 0 Å². The van der Waals surface area contributed by atoms with Crippen molar-refractivity contribution < 1.29 is 29.3 Å². The lowest BCUT2D eigenvalue weighted by Crippen LogP contribution is -2.22. The zero-order chi connectivity index (χ0) is 21.8. The van der Waals surface area contributed by atoms with Crippen LogP contribution in [0.25, 0.3) is 0 Å². The second kappa shape index (κ2) is 12.3. The van der Waals surface area contributed by atoms with E-state index < -0.39 is 18.2 Å². The molecule has 0 aliphatic carbocycles. The van der Waals surface area contributed by atoms with Gasteiger partial charge in [0.05, 0.1) is 6.61 Å². The number of hydrogen-bond acceptors (Lipinski definition) is 5. The quantitative estimate of drug-likeness (QED) is 0.472. The second-order valence-electron chi connectivity index (χ2n) is 6.72. The summed E-state index contributed by atoms with van der Waals surface area (Å²) >= 11 is 0. The van der Waals surface area contributed by atoms with E-state index in [9.17, 15) is 9.59 Å². The summed E-state index contributed by atoms with van der Waals surface area (Å²) in [4.78, 5) is 23.2. The number of ether oxygens (including phenoxy) is 2. The van der Waals surface area contributed by atoms with Crippen molar-refractivity contribution in [2.75, 3.05) is 18.5 Å². The fourth-order valence-electron chi connectivity index (χ4n) is 2.97. The van der Waals surface area contributed by atoms with Gasteiger partial charge in [-0.05, 0) is 37.0 Å². The summed E-state index contributed by atoms with van der Waals surface area (Å²) in [5.74, 6) is -0.596. The van der Waals surface area contributed by atoms with Gasteiger partial charge in [-0.2, -0.15) is 0 Å². The molecule has 1 amide bonds. The highest BCUT2D eigenvalue weighted by molar-refractivity contribution is 5.84. The molecule has 0 aromatic heterocycles. The molecule has 0 saturated carbocycles. The van der Waals surface area contributed by atoms with Gasteiger partial charge in [-0.3, -0.25) is 5.32 Å². The smallest absolute Gasteiger partial charge is 0.412 e. The number of nitrogens with one attached hydrogen (secondary N) is 1. The number of carboxylic acids is 1. The molecule has 30 heavy (non-hydrogen) atoms. The van der Waals surface area contributed by atoms with Crippen LogP contribution in [0.1, 0.15) is 31.4 Å². The summed E-state index contributed by atoms with van der Waals surface area (Å²) in [5.41, 5.74) is 1.30. The van der Waals surface area contributed by atoms with E-state index in [0.29, 0.717) is 29.8 Å². The molecule has 3 N–H and O–H groups in total. The molecule has 160 valence electrons. The lowest BCUT2D eigenvalue weighted by atomic mass is 9.92. The number of carbonyl (C=O) groups excluding carboxylic acids is 1. The van der Waals surface area contributed by atoms with Gasteiger partial charge in [0.2, 0.25) is 0 Å². The Kier molecular flexibility index (Phi) is 9.40. The minimum Gasteiger partial charge on any atom is -0.491 e. The number of allylic oxidation sites excluding steroid dienone is 1. The summed E-state index contributed by atoms with van der Waals surface area (Å²) < 4.78 is 11.4.